The van der Waals surface area contributed by atoms with E-state index in [0.29, 0.717) is 25.4 Å². The molecule has 2 saturated heterocycles. The highest BCUT2D eigenvalue weighted by atomic mass is 19.4. The third-order valence-corrected chi connectivity index (χ3v) is 5.37. The predicted octanol–water partition coefficient (Wildman–Crippen LogP) is 2.05. The molecule has 12 heteroatoms. The Labute approximate surface area is 181 Å². The van der Waals surface area contributed by atoms with Crippen molar-refractivity contribution in [3.05, 3.63) is 47.1 Å². The van der Waals surface area contributed by atoms with Gasteiger partial charge in [-0.1, -0.05) is 11.2 Å². The number of aromatic nitrogens is 2. The van der Waals surface area contributed by atoms with Crippen LogP contribution in [0, 0.1) is 13.8 Å². The highest BCUT2D eigenvalue weighted by Gasteiger charge is 2.42. The van der Waals surface area contributed by atoms with Gasteiger partial charge in [-0.2, -0.15) is 13.2 Å². The van der Waals surface area contributed by atoms with Crippen molar-refractivity contribution in [3.8, 4) is 0 Å². The molecule has 1 N–H and O–H groups in total. The first kappa shape index (κ1) is 23.7. The lowest BCUT2D eigenvalue weighted by Crippen LogP contribution is -2.50. The van der Waals surface area contributed by atoms with Crippen molar-refractivity contribution in [3.63, 3.8) is 0 Å². The second kappa shape index (κ2) is 9.65. The molecule has 2 aromatic heterocycles. The molecule has 0 unspecified atom stereocenters. The molecule has 1 amide bonds. The molecule has 0 aliphatic carbocycles. The highest BCUT2D eigenvalue weighted by molar-refractivity contribution is 5.92. The van der Waals surface area contributed by atoms with Gasteiger partial charge in [-0.05, 0) is 26.0 Å². The molecule has 2 aromatic rings. The van der Waals surface area contributed by atoms with E-state index in [2.05, 4.69) is 15.0 Å². The van der Waals surface area contributed by atoms with Gasteiger partial charge in [-0.3, -0.25) is 14.7 Å². The summed E-state index contributed by atoms with van der Waals surface area (Å²) in [5, 5.41) is 11.2. The molecule has 9 nitrogen and oxygen atoms in total. The predicted molar refractivity (Wildman–Crippen MR) is 104 cm³/mol. The maximum absolute atomic E-state index is 12.7. The second-order valence-electron chi connectivity index (χ2n) is 7.48. The fourth-order valence-electron chi connectivity index (χ4n) is 3.70. The third kappa shape index (κ3) is 5.43. The number of carbonyl (C=O) groups excluding carboxylic acids is 1. The van der Waals surface area contributed by atoms with Crippen molar-refractivity contribution in [2.45, 2.75) is 38.7 Å². The number of fused-ring (bicyclic) bond motifs is 1. The lowest BCUT2D eigenvalue weighted by atomic mass is 10.1. The van der Waals surface area contributed by atoms with Gasteiger partial charge in [-0.15, -0.1) is 0 Å². The van der Waals surface area contributed by atoms with Crippen LogP contribution in [0.4, 0.5) is 13.2 Å². The number of alkyl halides is 3. The zero-order valence-electron chi connectivity index (χ0n) is 17.5. The Morgan fingerprint density at radius 3 is 2.53 bits per heavy atom. The SMILES string of the molecule is Cc1noc(C)c1CN1CCO[C@H]2CN(C(=O)c3ccccn3)C[C@H]21.O=C(O)C(F)(F)F. The summed E-state index contributed by atoms with van der Waals surface area (Å²) < 4.78 is 43.0. The minimum absolute atomic E-state index is 0.0316. The van der Waals surface area contributed by atoms with Crippen LogP contribution in [0.15, 0.2) is 28.9 Å². The Morgan fingerprint density at radius 2 is 1.97 bits per heavy atom. The highest BCUT2D eigenvalue weighted by Crippen LogP contribution is 2.27. The quantitative estimate of drug-likeness (QED) is 0.748. The number of carboxylic acid groups (broad SMARTS) is 1. The van der Waals surface area contributed by atoms with E-state index in [1.807, 2.05) is 30.9 Å². The summed E-state index contributed by atoms with van der Waals surface area (Å²) in [5.41, 5.74) is 2.55. The van der Waals surface area contributed by atoms with E-state index in [1.54, 1.807) is 12.3 Å². The van der Waals surface area contributed by atoms with Crippen LogP contribution in [0.25, 0.3) is 0 Å². The molecular weight excluding hydrogens is 433 g/mol. The first-order valence-corrected chi connectivity index (χ1v) is 9.85. The van der Waals surface area contributed by atoms with Crippen LogP contribution in [0.1, 0.15) is 27.5 Å². The zero-order valence-corrected chi connectivity index (χ0v) is 17.5. The van der Waals surface area contributed by atoms with Crippen LogP contribution < -0.4 is 0 Å². The number of hydrogen-bond acceptors (Lipinski definition) is 7. The molecule has 4 rings (SSSR count). The summed E-state index contributed by atoms with van der Waals surface area (Å²) >= 11 is 0. The van der Waals surface area contributed by atoms with Crippen LogP contribution in [-0.4, -0.2) is 81.5 Å². The molecule has 32 heavy (non-hydrogen) atoms. The number of rotatable bonds is 3. The maximum Gasteiger partial charge on any atom is 0.490 e. The number of ether oxygens (including phenoxy) is 1. The van der Waals surface area contributed by atoms with Crippen molar-refractivity contribution in [1.29, 1.82) is 0 Å². The molecule has 2 atom stereocenters. The fourth-order valence-corrected chi connectivity index (χ4v) is 3.70. The Kier molecular flexibility index (Phi) is 7.14. The van der Waals surface area contributed by atoms with Gasteiger partial charge in [0, 0.05) is 37.9 Å². The third-order valence-electron chi connectivity index (χ3n) is 5.37. The number of aliphatic carboxylic acids is 1. The number of carbonyl (C=O) groups is 2. The van der Waals surface area contributed by atoms with E-state index >= 15 is 0 Å². The largest absolute Gasteiger partial charge is 0.490 e. The zero-order chi connectivity index (χ0) is 23.5. The van der Waals surface area contributed by atoms with E-state index in [4.69, 9.17) is 19.2 Å². The summed E-state index contributed by atoms with van der Waals surface area (Å²) in [4.78, 5) is 30.0. The molecule has 0 radical (unpaired) electrons. The summed E-state index contributed by atoms with van der Waals surface area (Å²) in [5.74, 6) is -1.93. The van der Waals surface area contributed by atoms with Gasteiger partial charge in [0.1, 0.15) is 11.5 Å². The van der Waals surface area contributed by atoms with Crippen LogP contribution in [0.3, 0.4) is 0 Å². The Bertz CT molecular complexity index is 931. The molecule has 0 spiro atoms. The average Bonchev–Trinajstić information content (AvgIpc) is 3.33. The number of aryl methyl sites for hydroxylation is 2. The fraction of sp³-hybridized carbons (Fsp3) is 0.500. The number of likely N-dealkylation sites (tertiary alicyclic amines) is 1. The van der Waals surface area contributed by atoms with Gasteiger partial charge in [0.25, 0.3) is 5.91 Å². The molecule has 0 aromatic carbocycles. The standard InChI is InChI=1S/C18H22N4O3.C2HF3O2/c1-12-14(13(2)25-20-12)9-21-7-8-24-17-11-22(10-16(17)21)18(23)15-5-3-4-6-19-15;3-2(4,5)1(6)7/h3-6,16-17H,7-11H2,1-2H3;(H,6,7)/t16-,17+;/m1./s1. The maximum atomic E-state index is 12.7. The molecule has 0 saturated carbocycles. The molecule has 2 fully saturated rings. The van der Waals surface area contributed by atoms with Crippen molar-refractivity contribution in [2.75, 3.05) is 26.2 Å². The van der Waals surface area contributed by atoms with Gasteiger partial charge in [-0.25, -0.2) is 4.79 Å². The monoisotopic (exact) mass is 456 g/mol. The molecule has 2 aliphatic rings. The van der Waals surface area contributed by atoms with Crippen molar-refractivity contribution < 1.29 is 37.1 Å². The number of amides is 1. The molecule has 2 aliphatic heterocycles. The summed E-state index contributed by atoms with van der Waals surface area (Å²) in [6.07, 6.45) is -3.39. The Balaban J connectivity index is 0.000000360. The van der Waals surface area contributed by atoms with Gasteiger partial charge in [0.05, 0.1) is 24.4 Å². The number of nitrogens with zero attached hydrogens (tertiary/aromatic N) is 4. The normalized spacial score (nSPS) is 21.0. The lowest BCUT2D eigenvalue weighted by molar-refractivity contribution is -0.192. The first-order valence-electron chi connectivity index (χ1n) is 9.85. The number of hydrogen-bond donors (Lipinski definition) is 1. The van der Waals surface area contributed by atoms with Crippen LogP contribution in [-0.2, 0) is 16.1 Å². The number of pyridine rings is 1. The molecule has 0 bridgehead atoms. The van der Waals surface area contributed by atoms with Gasteiger partial charge in [0.15, 0.2) is 0 Å². The van der Waals surface area contributed by atoms with Crippen LogP contribution in [0.2, 0.25) is 0 Å². The van der Waals surface area contributed by atoms with E-state index in [0.717, 1.165) is 30.1 Å². The van der Waals surface area contributed by atoms with Gasteiger partial charge >= 0.3 is 12.1 Å². The molecule has 4 heterocycles. The lowest BCUT2D eigenvalue weighted by Gasteiger charge is -2.36. The van der Waals surface area contributed by atoms with E-state index in [1.165, 1.54) is 0 Å². The number of morpholine rings is 1. The minimum Gasteiger partial charge on any atom is -0.475 e. The summed E-state index contributed by atoms with van der Waals surface area (Å²) in [7, 11) is 0. The van der Waals surface area contributed by atoms with Crippen LogP contribution in [0.5, 0.6) is 0 Å². The van der Waals surface area contributed by atoms with Gasteiger partial charge < -0.3 is 19.3 Å². The average molecular weight is 456 g/mol. The van der Waals surface area contributed by atoms with Crippen molar-refractivity contribution in [2.24, 2.45) is 0 Å². The number of carboxylic acids is 1. The van der Waals surface area contributed by atoms with E-state index in [-0.39, 0.29) is 18.1 Å². The topological polar surface area (TPSA) is 109 Å². The van der Waals surface area contributed by atoms with Crippen LogP contribution >= 0.6 is 0 Å². The summed E-state index contributed by atoms with van der Waals surface area (Å²) in [6.45, 7) is 7.47. The summed E-state index contributed by atoms with van der Waals surface area (Å²) in [6, 6.07) is 5.60. The van der Waals surface area contributed by atoms with E-state index < -0.39 is 12.1 Å². The second-order valence-corrected chi connectivity index (χ2v) is 7.48. The molecular formula is C20H23F3N4O5. The first-order chi connectivity index (χ1) is 15.1. The van der Waals surface area contributed by atoms with Crippen molar-refractivity contribution >= 4 is 11.9 Å². The molecule has 174 valence electrons. The van der Waals surface area contributed by atoms with Crippen molar-refractivity contribution in [1.82, 2.24) is 19.9 Å². The smallest absolute Gasteiger partial charge is 0.475 e. The van der Waals surface area contributed by atoms with Gasteiger partial charge in [0.2, 0.25) is 0 Å². The minimum atomic E-state index is -5.08. The number of halogens is 3. The Hall–Kier alpha value is -2.99. The van der Waals surface area contributed by atoms with E-state index in [9.17, 15) is 18.0 Å². The Morgan fingerprint density at radius 1 is 1.25 bits per heavy atom.